The maximum Gasteiger partial charge on any atom is 0.293 e. The van der Waals surface area contributed by atoms with Crippen molar-refractivity contribution in [1.82, 2.24) is 5.32 Å². The van der Waals surface area contributed by atoms with Crippen LogP contribution < -0.4 is 5.32 Å². The smallest absolute Gasteiger partial charge is 0.293 e. The summed E-state index contributed by atoms with van der Waals surface area (Å²) in [6.45, 7) is 10.5. The highest BCUT2D eigenvalue weighted by Crippen LogP contribution is 2.17. The van der Waals surface area contributed by atoms with Gasteiger partial charge in [-0.05, 0) is 52.3 Å². The van der Waals surface area contributed by atoms with Gasteiger partial charge in [-0.15, -0.1) is 0 Å². The minimum Gasteiger partial charge on any atom is -0.462 e. The number of rotatable bonds is 4. The number of nitrogens with zero attached hydrogens (tertiary/aromatic N) is 1. The van der Waals surface area contributed by atoms with E-state index in [0.717, 1.165) is 5.56 Å². The number of hydrogen-bond donors (Lipinski definition) is 1. The fourth-order valence-corrected chi connectivity index (χ4v) is 2.01. The van der Waals surface area contributed by atoms with Gasteiger partial charge in [-0.1, -0.05) is 12.2 Å². The van der Waals surface area contributed by atoms with E-state index in [1.165, 1.54) is 12.1 Å². The highest BCUT2D eigenvalue weighted by atomic mass is 16.6. The Kier molecular flexibility index (Phi) is 7.26. The molecule has 1 atom stereocenters. The van der Waals surface area contributed by atoms with Crippen molar-refractivity contribution >= 4 is 18.2 Å². The molecular formula is C18H26N2O5. The van der Waals surface area contributed by atoms with Gasteiger partial charge < -0.3 is 9.47 Å². The summed E-state index contributed by atoms with van der Waals surface area (Å²) in [5.74, 6) is 0. The Bertz CT molecular complexity index is 603. The number of nitro benzene ring substituents is 1. The lowest BCUT2D eigenvalue weighted by Crippen LogP contribution is -2.37. The molecule has 1 saturated heterocycles. The second-order valence-corrected chi connectivity index (χ2v) is 7.11. The maximum atomic E-state index is 10.5. The third-order valence-electron chi connectivity index (χ3n) is 3.18. The molecular weight excluding hydrogens is 324 g/mol. The van der Waals surface area contributed by atoms with Crippen LogP contribution in [-0.4, -0.2) is 35.4 Å². The molecule has 1 aromatic carbocycles. The fraction of sp³-hybridized carbons (Fsp3) is 0.500. The minimum atomic E-state index is -0.400. The molecule has 0 amide bonds. The molecule has 1 fully saturated rings. The molecule has 138 valence electrons. The molecule has 7 heteroatoms. The molecule has 1 unspecified atom stereocenters. The predicted molar refractivity (Wildman–Crippen MR) is 96.0 cm³/mol. The monoisotopic (exact) mass is 350 g/mol. The van der Waals surface area contributed by atoms with Crippen molar-refractivity contribution in [2.24, 2.45) is 0 Å². The Morgan fingerprint density at radius 1 is 1.32 bits per heavy atom. The molecule has 1 aromatic rings. The largest absolute Gasteiger partial charge is 0.462 e. The number of ether oxygens (including phenoxy) is 2. The van der Waals surface area contributed by atoms with Gasteiger partial charge in [0.15, 0.2) is 0 Å². The average molecular weight is 350 g/mol. The highest BCUT2D eigenvalue weighted by Gasteiger charge is 2.28. The Morgan fingerprint density at radius 2 is 1.92 bits per heavy atom. The topological polar surface area (TPSA) is 90.7 Å². The summed E-state index contributed by atoms with van der Waals surface area (Å²) in [6.07, 6.45) is 3.95. The number of carbonyl (C=O) groups is 1. The Hall–Kier alpha value is -2.25. The molecule has 1 N–H and O–H groups in total. The van der Waals surface area contributed by atoms with Crippen molar-refractivity contribution < 1.29 is 19.2 Å². The van der Waals surface area contributed by atoms with E-state index in [-0.39, 0.29) is 23.1 Å². The molecule has 2 rings (SSSR count). The van der Waals surface area contributed by atoms with E-state index >= 15 is 0 Å². The van der Waals surface area contributed by atoms with E-state index in [1.54, 1.807) is 12.1 Å². The van der Waals surface area contributed by atoms with E-state index in [0.29, 0.717) is 13.1 Å². The first-order chi connectivity index (χ1) is 11.5. The van der Waals surface area contributed by atoms with Crippen molar-refractivity contribution in [3.8, 4) is 0 Å². The van der Waals surface area contributed by atoms with Gasteiger partial charge in [-0.25, -0.2) is 0 Å². The van der Waals surface area contributed by atoms with Crippen LogP contribution >= 0.6 is 0 Å². The Balaban J connectivity index is 0.000000381. The van der Waals surface area contributed by atoms with Crippen LogP contribution in [-0.2, 0) is 14.3 Å². The second-order valence-electron chi connectivity index (χ2n) is 7.11. The summed E-state index contributed by atoms with van der Waals surface area (Å²) >= 11 is 0. The molecule has 25 heavy (non-hydrogen) atoms. The Labute approximate surface area is 148 Å². The van der Waals surface area contributed by atoms with Crippen molar-refractivity contribution in [2.45, 2.75) is 52.0 Å². The fourth-order valence-electron chi connectivity index (χ4n) is 2.01. The van der Waals surface area contributed by atoms with Crippen LogP contribution in [0.5, 0.6) is 0 Å². The summed E-state index contributed by atoms with van der Waals surface area (Å²) in [5, 5.41) is 13.8. The van der Waals surface area contributed by atoms with Crippen LogP contribution in [0.2, 0.25) is 0 Å². The summed E-state index contributed by atoms with van der Waals surface area (Å²) in [7, 11) is 0. The quantitative estimate of drug-likeness (QED) is 0.509. The van der Waals surface area contributed by atoms with E-state index in [2.05, 4.69) is 10.1 Å². The summed E-state index contributed by atoms with van der Waals surface area (Å²) in [5.41, 5.74) is 0.439. The van der Waals surface area contributed by atoms with Crippen LogP contribution in [0, 0.1) is 10.1 Å². The van der Waals surface area contributed by atoms with Gasteiger partial charge in [0.2, 0.25) is 0 Å². The van der Waals surface area contributed by atoms with Gasteiger partial charge in [-0.3, -0.25) is 20.2 Å². The molecule has 0 bridgehead atoms. The number of non-ortho nitro benzene ring substituents is 1. The lowest BCUT2D eigenvalue weighted by atomic mass is 10.1. The Morgan fingerprint density at radius 3 is 2.28 bits per heavy atom. The van der Waals surface area contributed by atoms with Crippen molar-refractivity contribution in [1.29, 1.82) is 0 Å². The molecule has 0 saturated carbocycles. The molecule has 0 spiro atoms. The standard InChI is InChI=1S/C13H16N2O3.C5H10O2/c1-13(2)14-11(9-18-13)6-3-10-4-7-12(8-5-10)15(16)17;1-5(2,3)7-4-6/h3-8,11,14H,9H2,1-2H3;4H,1-3H3/b6-3+;. The lowest BCUT2D eigenvalue weighted by Gasteiger charge is -2.16. The van der Waals surface area contributed by atoms with Crippen molar-refractivity contribution in [2.75, 3.05) is 6.61 Å². The number of nitrogens with one attached hydrogen (secondary N) is 1. The van der Waals surface area contributed by atoms with Gasteiger partial charge >= 0.3 is 0 Å². The molecule has 1 aliphatic heterocycles. The average Bonchev–Trinajstić information content (AvgIpc) is 2.84. The molecule has 0 aliphatic carbocycles. The summed E-state index contributed by atoms with van der Waals surface area (Å²) < 4.78 is 10.1. The first-order valence-electron chi connectivity index (χ1n) is 7.98. The van der Waals surface area contributed by atoms with Crippen LogP contribution in [0.25, 0.3) is 6.08 Å². The van der Waals surface area contributed by atoms with E-state index in [9.17, 15) is 14.9 Å². The normalized spacial score (nSPS) is 19.2. The number of hydrogen-bond acceptors (Lipinski definition) is 6. The van der Waals surface area contributed by atoms with E-state index < -0.39 is 4.92 Å². The van der Waals surface area contributed by atoms with Gasteiger partial charge in [0.25, 0.3) is 12.2 Å². The summed E-state index contributed by atoms with van der Waals surface area (Å²) in [4.78, 5) is 19.7. The van der Waals surface area contributed by atoms with Crippen LogP contribution in [0.3, 0.4) is 0 Å². The summed E-state index contributed by atoms with van der Waals surface area (Å²) in [6, 6.07) is 6.64. The van der Waals surface area contributed by atoms with Gasteiger partial charge in [0.1, 0.15) is 11.3 Å². The van der Waals surface area contributed by atoms with Crippen LogP contribution in [0.4, 0.5) is 5.69 Å². The van der Waals surface area contributed by atoms with Crippen molar-refractivity contribution in [3.63, 3.8) is 0 Å². The van der Waals surface area contributed by atoms with Crippen molar-refractivity contribution in [3.05, 3.63) is 46.0 Å². The minimum absolute atomic E-state index is 0.107. The predicted octanol–water partition coefficient (Wildman–Crippen LogP) is 3.29. The van der Waals surface area contributed by atoms with E-state index in [4.69, 9.17) is 4.74 Å². The number of carbonyl (C=O) groups excluding carboxylic acids is 1. The van der Waals surface area contributed by atoms with E-state index in [1.807, 2.05) is 46.8 Å². The zero-order valence-electron chi connectivity index (χ0n) is 15.3. The SMILES string of the molecule is CC(C)(C)OC=O.CC1(C)NC(/C=C/c2ccc([N+](=O)[O-])cc2)CO1. The third-order valence-corrected chi connectivity index (χ3v) is 3.18. The maximum absolute atomic E-state index is 10.5. The first kappa shape index (κ1) is 20.8. The zero-order valence-corrected chi connectivity index (χ0v) is 15.3. The molecule has 7 nitrogen and oxygen atoms in total. The molecule has 0 radical (unpaired) electrons. The second kappa shape index (κ2) is 8.73. The highest BCUT2D eigenvalue weighted by molar-refractivity contribution is 5.52. The number of nitro groups is 1. The van der Waals surface area contributed by atoms with Crippen LogP contribution in [0.15, 0.2) is 30.3 Å². The third kappa shape index (κ3) is 8.42. The number of benzene rings is 1. The lowest BCUT2D eigenvalue weighted by molar-refractivity contribution is -0.384. The van der Waals surface area contributed by atoms with Gasteiger partial charge in [0.05, 0.1) is 17.6 Å². The molecule has 1 aliphatic rings. The van der Waals surface area contributed by atoms with Gasteiger partial charge in [-0.2, -0.15) is 0 Å². The van der Waals surface area contributed by atoms with Crippen LogP contribution in [0.1, 0.15) is 40.2 Å². The van der Waals surface area contributed by atoms with Gasteiger partial charge in [0, 0.05) is 12.1 Å². The molecule has 1 heterocycles. The molecule has 0 aromatic heterocycles. The first-order valence-corrected chi connectivity index (χ1v) is 7.98. The zero-order chi connectivity index (χ0) is 19.1.